The van der Waals surface area contributed by atoms with Crippen LogP contribution in [0.5, 0.6) is 0 Å². The summed E-state index contributed by atoms with van der Waals surface area (Å²) in [5, 5.41) is 5.85. The molecule has 0 spiro atoms. The molecule has 6 nitrogen and oxygen atoms in total. The van der Waals surface area contributed by atoms with E-state index < -0.39 is 6.04 Å². The van der Waals surface area contributed by atoms with Gasteiger partial charge in [-0.2, -0.15) is 0 Å². The number of nitrogens with one attached hydrogen (secondary N) is 2. The molecule has 1 unspecified atom stereocenters. The van der Waals surface area contributed by atoms with Crippen molar-refractivity contribution in [2.75, 3.05) is 39.4 Å². The highest BCUT2D eigenvalue weighted by atomic mass is 16.5. The predicted molar refractivity (Wildman–Crippen MR) is 68.2 cm³/mol. The molecule has 0 radical (unpaired) electrons. The molecule has 2 N–H and O–H groups in total. The van der Waals surface area contributed by atoms with Crippen LogP contribution in [-0.2, 0) is 14.3 Å². The van der Waals surface area contributed by atoms with Crippen molar-refractivity contribution in [2.45, 2.75) is 26.3 Å². The van der Waals surface area contributed by atoms with Gasteiger partial charge >= 0.3 is 0 Å². The molecule has 1 atom stereocenters. The van der Waals surface area contributed by atoms with Crippen molar-refractivity contribution >= 4 is 11.8 Å². The van der Waals surface area contributed by atoms with E-state index in [4.69, 9.17) is 4.74 Å². The molecule has 1 heterocycles. The van der Waals surface area contributed by atoms with Gasteiger partial charge in [-0.25, -0.2) is 0 Å². The number of nitrogens with zero attached hydrogens (tertiary/aromatic N) is 1. The zero-order valence-corrected chi connectivity index (χ0v) is 11.2. The average molecular weight is 257 g/mol. The van der Waals surface area contributed by atoms with Crippen LogP contribution >= 0.6 is 0 Å². The lowest BCUT2D eigenvalue weighted by molar-refractivity contribution is -0.148. The number of likely N-dealkylation sites (N-methyl/N-ethyl adjacent to an activating group) is 1. The Labute approximate surface area is 108 Å². The van der Waals surface area contributed by atoms with Crippen LogP contribution in [0.4, 0.5) is 0 Å². The van der Waals surface area contributed by atoms with Gasteiger partial charge in [0.05, 0.1) is 13.2 Å². The molecule has 1 rings (SSSR count). The van der Waals surface area contributed by atoms with Crippen molar-refractivity contribution < 1.29 is 14.3 Å². The predicted octanol–water partition coefficient (Wildman–Crippen LogP) is -0.650. The van der Waals surface area contributed by atoms with E-state index in [-0.39, 0.29) is 11.8 Å². The first-order chi connectivity index (χ1) is 8.70. The number of hydrogen-bond acceptors (Lipinski definition) is 4. The summed E-state index contributed by atoms with van der Waals surface area (Å²) in [5.74, 6) is -0.121. The van der Waals surface area contributed by atoms with Gasteiger partial charge in [0, 0.05) is 26.1 Å². The van der Waals surface area contributed by atoms with E-state index in [1.807, 2.05) is 13.8 Å². The van der Waals surface area contributed by atoms with Crippen LogP contribution in [0.3, 0.4) is 0 Å². The normalized spacial score (nSPS) is 19.7. The summed E-state index contributed by atoms with van der Waals surface area (Å²) in [6.07, 6.45) is 0.420. The Morgan fingerprint density at radius 1 is 1.33 bits per heavy atom. The van der Waals surface area contributed by atoms with Crippen molar-refractivity contribution in [3.05, 3.63) is 0 Å². The number of morpholine rings is 1. The lowest BCUT2D eigenvalue weighted by Gasteiger charge is -2.34. The third-order valence-electron chi connectivity index (χ3n) is 2.87. The molecule has 0 saturated carbocycles. The van der Waals surface area contributed by atoms with Crippen LogP contribution in [0, 0.1) is 0 Å². The van der Waals surface area contributed by atoms with E-state index >= 15 is 0 Å². The SMILES string of the molecule is CCNCCC(=O)N1CCOCC1C(=O)NCC. The standard InChI is InChI=1S/C12H23N3O3/c1-3-13-6-5-11(16)15-7-8-18-9-10(15)12(17)14-4-2/h10,13H,3-9H2,1-2H3,(H,14,17). The van der Waals surface area contributed by atoms with Crippen molar-refractivity contribution in [3.63, 3.8) is 0 Å². The summed E-state index contributed by atoms with van der Waals surface area (Å²) in [6, 6.07) is -0.479. The molecular weight excluding hydrogens is 234 g/mol. The van der Waals surface area contributed by atoms with Gasteiger partial charge in [0.2, 0.25) is 11.8 Å². The number of rotatable bonds is 6. The minimum Gasteiger partial charge on any atom is -0.377 e. The Morgan fingerprint density at radius 2 is 2.11 bits per heavy atom. The molecule has 2 amide bonds. The first-order valence-electron chi connectivity index (χ1n) is 6.56. The molecule has 18 heavy (non-hydrogen) atoms. The number of ether oxygens (including phenoxy) is 1. The van der Waals surface area contributed by atoms with Gasteiger partial charge in [0.15, 0.2) is 0 Å². The molecule has 0 aliphatic carbocycles. The lowest BCUT2D eigenvalue weighted by Crippen LogP contribution is -2.56. The highest BCUT2D eigenvalue weighted by molar-refractivity contribution is 5.88. The molecule has 0 aromatic rings. The smallest absolute Gasteiger partial charge is 0.245 e. The van der Waals surface area contributed by atoms with E-state index in [2.05, 4.69) is 10.6 Å². The first-order valence-corrected chi connectivity index (χ1v) is 6.56. The minimum atomic E-state index is -0.479. The van der Waals surface area contributed by atoms with Gasteiger partial charge in [-0.3, -0.25) is 9.59 Å². The first kappa shape index (κ1) is 14.9. The fourth-order valence-corrected chi connectivity index (χ4v) is 1.93. The Bertz CT molecular complexity index is 284. The van der Waals surface area contributed by atoms with Gasteiger partial charge < -0.3 is 20.3 Å². The lowest BCUT2D eigenvalue weighted by atomic mass is 10.2. The molecule has 1 fully saturated rings. The fraction of sp³-hybridized carbons (Fsp3) is 0.833. The number of carbonyl (C=O) groups excluding carboxylic acids is 2. The second kappa shape index (κ2) is 8.05. The zero-order valence-electron chi connectivity index (χ0n) is 11.2. The van der Waals surface area contributed by atoms with Crippen LogP contribution in [0.25, 0.3) is 0 Å². The third-order valence-corrected chi connectivity index (χ3v) is 2.87. The summed E-state index contributed by atoms with van der Waals surface area (Å²) in [4.78, 5) is 25.5. The monoisotopic (exact) mass is 257 g/mol. The van der Waals surface area contributed by atoms with Gasteiger partial charge in [0.25, 0.3) is 0 Å². The van der Waals surface area contributed by atoms with Crippen molar-refractivity contribution in [1.29, 1.82) is 0 Å². The second-order valence-corrected chi connectivity index (χ2v) is 4.18. The Morgan fingerprint density at radius 3 is 2.78 bits per heavy atom. The maximum absolute atomic E-state index is 12.0. The summed E-state index contributed by atoms with van der Waals surface area (Å²) in [5.41, 5.74) is 0. The van der Waals surface area contributed by atoms with Crippen LogP contribution < -0.4 is 10.6 Å². The highest BCUT2D eigenvalue weighted by Gasteiger charge is 2.31. The van der Waals surface area contributed by atoms with Crippen molar-refractivity contribution in [1.82, 2.24) is 15.5 Å². The molecular formula is C12H23N3O3. The average Bonchev–Trinajstić information content (AvgIpc) is 2.39. The van der Waals surface area contributed by atoms with E-state index in [1.165, 1.54) is 0 Å². The number of amides is 2. The Kier molecular flexibility index (Phi) is 6.67. The van der Waals surface area contributed by atoms with Gasteiger partial charge in [-0.1, -0.05) is 6.92 Å². The van der Waals surface area contributed by atoms with Crippen molar-refractivity contribution in [2.24, 2.45) is 0 Å². The molecule has 104 valence electrons. The largest absolute Gasteiger partial charge is 0.377 e. The summed E-state index contributed by atoms with van der Waals surface area (Å²) in [7, 11) is 0. The quantitative estimate of drug-likeness (QED) is 0.620. The molecule has 6 heteroatoms. The van der Waals surface area contributed by atoms with Gasteiger partial charge in [0.1, 0.15) is 6.04 Å². The summed E-state index contributed by atoms with van der Waals surface area (Å²) in [6.45, 7) is 7.20. The molecule has 0 aromatic heterocycles. The highest BCUT2D eigenvalue weighted by Crippen LogP contribution is 2.09. The van der Waals surface area contributed by atoms with E-state index in [0.29, 0.717) is 39.3 Å². The Hall–Kier alpha value is -1.14. The van der Waals surface area contributed by atoms with Crippen LogP contribution in [-0.4, -0.2) is 62.1 Å². The second-order valence-electron chi connectivity index (χ2n) is 4.18. The molecule has 1 aliphatic heterocycles. The van der Waals surface area contributed by atoms with E-state index in [9.17, 15) is 9.59 Å². The van der Waals surface area contributed by atoms with Gasteiger partial charge in [-0.05, 0) is 13.5 Å². The van der Waals surface area contributed by atoms with Crippen molar-refractivity contribution in [3.8, 4) is 0 Å². The minimum absolute atomic E-state index is 0.00973. The molecule has 1 saturated heterocycles. The van der Waals surface area contributed by atoms with Gasteiger partial charge in [-0.15, -0.1) is 0 Å². The number of carbonyl (C=O) groups is 2. The zero-order chi connectivity index (χ0) is 13.4. The third kappa shape index (κ3) is 4.27. The topological polar surface area (TPSA) is 70.7 Å². The Balaban J connectivity index is 2.52. The summed E-state index contributed by atoms with van der Waals surface area (Å²) >= 11 is 0. The molecule has 1 aliphatic rings. The van der Waals surface area contributed by atoms with Crippen LogP contribution in [0.2, 0.25) is 0 Å². The maximum Gasteiger partial charge on any atom is 0.245 e. The maximum atomic E-state index is 12.0. The fourth-order valence-electron chi connectivity index (χ4n) is 1.93. The molecule has 0 aromatic carbocycles. The number of hydrogen-bond donors (Lipinski definition) is 2. The van der Waals surface area contributed by atoms with Crippen LogP contribution in [0.15, 0.2) is 0 Å². The van der Waals surface area contributed by atoms with E-state index in [1.54, 1.807) is 4.90 Å². The summed E-state index contributed by atoms with van der Waals surface area (Å²) < 4.78 is 5.29. The molecule has 0 bridgehead atoms. The van der Waals surface area contributed by atoms with Crippen LogP contribution in [0.1, 0.15) is 20.3 Å². The van der Waals surface area contributed by atoms with E-state index in [0.717, 1.165) is 6.54 Å².